The minimum atomic E-state index is -4.32. The highest BCUT2D eigenvalue weighted by molar-refractivity contribution is 7.85. The topological polar surface area (TPSA) is 130 Å². The second-order valence-corrected chi connectivity index (χ2v) is 18.0. The molecule has 2 aromatic heterocycles. The number of aromatic nitrogens is 3. The van der Waals surface area contributed by atoms with Crippen molar-refractivity contribution in [1.82, 2.24) is 29.2 Å². The smallest absolute Gasteiger partial charge is 0.294 e. The van der Waals surface area contributed by atoms with Crippen LogP contribution in [-0.2, 0) is 26.1 Å². The molecule has 2 saturated heterocycles. The SMILES string of the molecule is CCC(CC(CC(CCC(C)n1ccc(CC(=O)NC2CC(C)(C)N(C)C(C)(C)C2)c1)c1ccc(S(=O)(=O)O)cc1)N1CCCC1=O)n1ccnc1. The Labute approximate surface area is 310 Å². The van der Waals surface area contributed by atoms with E-state index < -0.39 is 10.1 Å². The summed E-state index contributed by atoms with van der Waals surface area (Å²) >= 11 is 0. The Morgan fingerprint density at radius 3 is 2.27 bits per heavy atom. The third-order valence-corrected chi connectivity index (χ3v) is 12.8. The van der Waals surface area contributed by atoms with Gasteiger partial charge in [0.05, 0.1) is 17.6 Å². The number of nitrogens with zero attached hydrogens (tertiary/aromatic N) is 5. The Balaban J connectivity index is 1.29. The fourth-order valence-electron chi connectivity index (χ4n) is 8.73. The minimum absolute atomic E-state index is 0.00122. The second-order valence-electron chi connectivity index (χ2n) is 16.6. The molecule has 4 unspecified atom stereocenters. The first-order valence-electron chi connectivity index (χ1n) is 19.0. The van der Waals surface area contributed by atoms with Gasteiger partial charge in [-0.2, -0.15) is 8.42 Å². The highest BCUT2D eigenvalue weighted by Crippen LogP contribution is 2.38. The van der Waals surface area contributed by atoms with Crippen LogP contribution in [-0.4, -0.2) is 85.5 Å². The van der Waals surface area contributed by atoms with E-state index in [0.717, 1.165) is 69.0 Å². The first-order chi connectivity index (χ1) is 24.5. The first-order valence-corrected chi connectivity index (χ1v) is 20.4. The fourth-order valence-corrected chi connectivity index (χ4v) is 9.21. The van der Waals surface area contributed by atoms with Crippen molar-refractivity contribution in [3.8, 4) is 0 Å². The molecule has 12 heteroatoms. The first kappa shape index (κ1) is 39.7. The maximum Gasteiger partial charge on any atom is 0.294 e. The Kier molecular flexibility index (Phi) is 12.4. The standard InChI is InChI=1S/C40H60N6O5S/c1-8-34(45-21-18-41-28-45)24-35(46-19-9-10-38(46)48)23-32(31-13-15-36(16-14-31)52(49,50)51)12-11-29(2)44-20-17-30(27-44)22-37(47)42-33-25-39(3,4)43(7)40(5,6)26-33/h13-18,20-21,27-29,32-35H,8-12,19,22-26H2,1-7H3,(H,42,47)(H,49,50,51). The lowest BCUT2D eigenvalue weighted by atomic mass is 9.77. The van der Waals surface area contributed by atoms with Crippen LogP contribution in [0.25, 0.3) is 0 Å². The third kappa shape index (κ3) is 9.73. The molecule has 0 bridgehead atoms. The van der Waals surface area contributed by atoms with Gasteiger partial charge in [-0.15, -0.1) is 0 Å². The Bertz CT molecular complexity index is 1730. The average Bonchev–Trinajstić information content (AvgIpc) is 3.86. The molecule has 52 heavy (non-hydrogen) atoms. The number of hydrogen-bond donors (Lipinski definition) is 2. The number of carbonyl (C=O) groups excluding carboxylic acids is 2. The molecule has 5 rings (SSSR count). The number of rotatable bonds is 16. The van der Waals surface area contributed by atoms with Crippen LogP contribution in [0.4, 0.5) is 0 Å². The van der Waals surface area contributed by atoms with Crippen LogP contribution in [0, 0.1) is 0 Å². The normalized spacial score (nSPS) is 20.5. The summed E-state index contributed by atoms with van der Waals surface area (Å²) in [5.41, 5.74) is 1.95. The van der Waals surface area contributed by atoms with E-state index in [4.69, 9.17) is 0 Å². The maximum absolute atomic E-state index is 13.2. The number of hydrogen-bond acceptors (Lipinski definition) is 6. The zero-order valence-electron chi connectivity index (χ0n) is 32.2. The van der Waals surface area contributed by atoms with Gasteiger partial charge in [-0.05, 0) is 128 Å². The summed E-state index contributed by atoms with van der Waals surface area (Å²) in [4.78, 5) is 35.0. The molecule has 0 radical (unpaired) electrons. The van der Waals surface area contributed by atoms with Gasteiger partial charge in [-0.1, -0.05) is 19.1 Å². The Morgan fingerprint density at radius 1 is 1.00 bits per heavy atom. The molecule has 2 aliphatic heterocycles. The maximum atomic E-state index is 13.2. The van der Waals surface area contributed by atoms with Crippen molar-refractivity contribution in [3.63, 3.8) is 0 Å². The number of benzene rings is 1. The Hall–Kier alpha value is -3.48. The zero-order chi connectivity index (χ0) is 37.8. The molecule has 4 heterocycles. The molecule has 0 spiro atoms. The van der Waals surface area contributed by atoms with E-state index in [9.17, 15) is 22.6 Å². The number of amides is 2. The van der Waals surface area contributed by atoms with Gasteiger partial charge in [-0.3, -0.25) is 19.0 Å². The van der Waals surface area contributed by atoms with Crippen molar-refractivity contribution in [3.05, 3.63) is 72.6 Å². The van der Waals surface area contributed by atoms with Crippen LogP contribution in [0.1, 0.15) is 128 Å². The lowest BCUT2D eigenvalue weighted by molar-refractivity contribution is -0.130. The predicted molar refractivity (Wildman–Crippen MR) is 204 cm³/mol. The molecule has 2 fully saturated rings. The second kappa shape index (κ2) is 16.3. The molecule has 2 N–H and O–H groups in total. The minimum Gasteiger partial charge on any atom is -0.353 e. The molecule has 1 aromatic carbocycles. The summed E-state index contributed by atoms with van der Waals surface area (Å²) in [5, 5.41) is 3.32. The molecule has 0 aliphatic carbocycles. The molecule has 2 aliphatic rings. The van der Waals surface area contributed by atoms with E-state index in [0.29, 0.717) is 12.8 Å². The van der Waals surface area contributed by atoms with Crippen molar-refractivity contribution in [2.75, 3.05) is 13.6 Å². The summed E-state index contributed by atoms with van der Waals surface area (Å²) in [5.74, 6) is 0.274. The number of carbonyl (C=O) groups is 2. The lowest BCUT2D eigenvalue weighted by Crippen LogP contribution is -2.62. The fraction of sp³-hybridized carbons (Fsp3) is 0.625. The van der Waals surface area contributed by atoms with E-state index in [1.165, 1.54) is 12.1 Å². The van der Waals surface area contributed by atoms with Gasteiger partial charge in [0.15, 0.2) is 0 Å². The molecule has 11 nitrogen and oxygen atoms in total. The monoisotopic (exact) mass is 736 g/mol. The van der Waals surface area contributed by atoms with Gasteiger partial charge >= 0.3 is 0 Å². The van der Waals surface area contributed by atoms with Crippen LogP contribution >= 0.6 is 0 Å². The molecular weight excluding hydrogens is 677 g/mol. The van der Waals surface area contributed by atoms with Gasteiger partial charge in [0.25, 0.3) is 10.1 Å². The molecule has 286 valence electrons. The predicted octanol–water partition coefficient (Wildman–Crippen LogP) is 6.79. The number of imidazole rings is 1. The van der Waals surface area contributed by atoms with Crippen molar-refractivity contribution >= 4 is 21.9 Å². The summed E-state index contributed by atoms with van der Waals surface area (Å²) in [6.45, 7) is 14.0. The van der Waals surface area contributed by atoms with Crippen molar-refractivity contribution in [2.24, 2.45) is 0 Å². The van der Waals surface area contributed by atoms with Gasteiger partial charge in [-0.25, -0.2) is 4.98 Å². The van der Waals surface area contributed by atoms with Crippen molar-refractivity contribution < 1.29 is 22.6 Å². The molecule has 3 aromatic rings. The largest absolute Gasteiger partial charge is 0.353 e. The van der Waals surface area contributed by atoms with Gasteiger partial charge in [0.2, 0.25) is 11.8 Å². The van der Waals surface area contributed by atoms with Gasteiger partial charge < -0.3 is 19.4 Å². The van der Waals surface area contributed by atoms with Gasteiger partial charge in [0.1, 0.15) is 0 Å². The van der Waals surface area contributed by atoms with Crippen LogP contribution in [0.3, 0.4) is 0 Å². The molecule has 2 amide bonds. The quantitative estimate of drug-likeness (QED) is 0.155. The van der Waals surface area contributed by atoms with E-state index in [-0.39, 0.29) is 57.9 Å². The summed E-state index contributed by atoms with van der Waals surface area (Å²) in [7, 11) is -2.15. The Morgan fingerprint density at radius 2 is 1.69 bits per heavy atom. The van der Waals surface area contributed by atoms with Crippen LogP contribution in [0.5, 0.6) is 0 Å². The molecule has 4 atom stereocenters. The van der Waals surface area contributed by atoms with Crippen molar-refractivity contribution in [2.45, 2.75) is 152 Å². The highest BCUT2D eigenvalue weighted by Gasteiger charge is 2.43. The van der Waals surface area contributed by atoms with E-state index in [2.05, 4.69) is 84.0 Å². The van der Waals surface area contributed by atoms with Gasteiger partial charge in [0, 0.05) is 73.0 Å². The van der Waals surface area contributed by atoms with Crippen LogP contribution in [0.15, 0.2) is 66.3 Å². The lowest BCUT2D eigenvalue weighted by Gasteiger charge is -2.53. The number of nitrogens with one attached hydrogen (secondary N) is 1. The van der Waals surface area contributed by atoms with E-state index in [1.54, 1.807) is 18.3 Å². The van der Waals surface area contributed by atoms with Crippen LogP contribution < -0.4 is 5.32 Å². The zero-order valence-corrected chi connectivity index (χ0v) is 33.0. The molecule has 0 saturated carbocycles. The highest BCUT2D eigenvalue weighted by atomic mass is 32.2. The van der Waals surface area contributed by atoms with Crippen LogP contribution in [0.2, 0.25) is 0 Å². The summed E-state index contributed by atoms with van der Waals surface area (Å²) < 4.78 is 37.6. The van der Waals surface area contributed by atoms with E-state index >= 15 is 0 Å². The average molecular weight is 737 g/mol. The number of likely N-dealkylation sites (tertiary alicyclic amines) is 2. The number of piperidine rings is 1. The molecular formula is C40H60N6O5S. The summed E-state index contributed by atoms with van der Waals surface area (Å²) in [6.07, 6.45) is 17.4. The third-order valence-electron chi connectivity index (χ3n) is 12.0. The van der Waals surface area contributed by atoms with Crippen molar-refractivity contribution in [1.29, 1.82) is 0 Å². The summed E-state index contributed by atoms with van der Waals surface area (Å²) in [6, 6.07) is 9.03. The van der Waals surface area contributed by atoms with E-state index in [1.807, 2.05) is 24.8 Å².